The Bertz CT molecular complexity index is 938. The number of rotatable bonds is 0. The van der Waals surface area contributed by atoms with Gasteiger partial charge in [0.25, 0.3) is 0 Å². The minimum atomic E-state index is -0.0927. The molecule has 6 rings (SSSR count). The van der Waals surface area contributed by atoms with Gasteiger partial charge in [0, 0.05) is 23.0 Å². The smallest absolute Gasteiger partial charge is 0.168 e. The van der Waals surface area contributed by atoms with Crippen LogP contribution in [0.15, 0.2) is 48.6 Å². The lowest BCUT2D eigenvalue weighted by molar-refractivity contribution is 0.0706. The first-order valence-electron chi connectivity index (χ1n) is 8.01. The van der Waals surface area contributed by atoms with Crippen molar-refractivity contribution in [3.63, 3.8) is 0 Å². The number of carbonyl (C=O) groups is 2. The summed E-state index contributed by atoms with van der Waals surface area (Å²) in [5.74, 6) is 0.989. The van der Waals surface area contributed by atoms with Gasteiger partial charge in [-0.1, -0.05) is 36.4 Å². The molecule has 2 saturated carbocycles. The van der Waals surface area contributed by atoms with Gasteiger partial charge < -0.3 is 0 Å². The number of benzene rings is 2. The summed E-state index contributed by atoms with van der Waals surface area (Å²) in [7, 11) is 0. The Morgan fingerprint density at radius 2 is 1.55 bits per heavy atom. The van der Waals surface area contributed by atoms with Crippen molar-refractivity contribution in [2.24, 2.45) is 29.1 Å². The summed E-state index contributed by atoms with van der Waals surface area (Å²) in [4.78, 5) is 26.1. The Hall–Kier alpha value is -2.22. The van der Waals surface area contributed by atoms with E-state index in [1.807, 2.05) is 36.4 Å². The molecule has 4 aliphatic carbocycles. The molecule has 0 saturated heterocycles. The predicted octanol–water partition coefficient (Wildman–Crippen LogP) is 3.66. The lowest BCUT2D eigenvalue weighted by Gasteiger charge is -2.35. The molecule has 2 aromatic rings. The van der Waals surface area contributed by atoms with Crippen LogP contribution in [0, 0.1) is 29.1 Å². The van der Waals surface area contributed by atoms with E-state index in [0.717, 1.165) is 17.2 Å². The van der Waals surface area contributed by atoms with Crippen LogP contribution in [0.2, 0.25) is 0 Å². The Morgan fingerprint density at radius 3 is 2.14 bits per heavy atom. The highest BCUT2D eigenvalue weighted by Crippen LogP contribution is 2.77. The number of Topliss-reactive ketones (excluding diaryl/α,β-unsaturated/α-hetero) is 2. The van der Waals surface area contributed by atoms with Crippen molar-refractivity contribution in [1.29, 1.82) is 0 Å². The van der Waals surface area contributed by atoms with Crippen LogP contribution in [-0.4, -0.2) is 11.6 Å². The molecular weight excluding hydrogens is 272 g/mol. The normalized spacial score (nSPS) is 39.8. The Labute approximate surface area is 127 Å². The van der Waals surface area contributed by atoms with Crippen LogP contribution < -0.4 is 0 Å². The molecule has 0 amide bonds. The zero-order chi connectivity index (χ0) is 14.6. The van der Waals surface area contributed by atoms with E-state index >= 15 is 0 Å². The van der Waals surface area contributed by atoms with Crippen molar-refractivity contribution in [3.8, 4) is 0 Å². The minimum absolute atomic E-state index is 0.0684. The lowest BCUT2D eigenvalue weighted by Crippen LogP contribution is -2.39. The van der Waals surface area contributed by atoms with Gasteiger partial charge in [0.1, 0.15) is 0 Å². The van der Waals surface area contributed by atoms with Gasteiger partial charge in [0.2, 0.25) is 0 Å². The van der Waals surface area contributed by atoms with Gasteiger partial charge in [-0.3, -0.25) is 9.59 Å². The molecule has 0 heterocycles. The zero-order valence-corrected chi connectivity index (χ0v) is 12.0. The van der Waals surface area contributed by atoms with Crippen LogP contribution >= 0.6 is 0 Å². The molecule has 0 bridgehead atoms. The second-order valence-corrected chi connectivity index (χ2v) is 7.33. The zero-order valence-electron chi connectivity index (χ0n) is 12.0. The summed E-state index contributed by atoms with van der Waals surface area (Å²) < 4.78 is 0. The summed E-state index contributed by atoms with van der Waals surface area (Å²) >= 11 is 0. The maximum atomic E-state index is 13.1. The summed E-state index contributed by atoms with van der Waals surface area (Å²) in [6, 6.07) is 11.8. The molecule has 22 heavy (non-hydrogen) atoms. The van der Waals surface area contributed by atoms with Gasteiger partial charge in [0.05, 0.1) is 0 Å². The maximum absolute atomic E-state index is 13.1. The van der Waals surface area contributed by atoms with Crippen molar-refractivity contribution in [2.45, 2.75) is 6.42 Å². The molecule has 4 aliphatic rings. The third kappa shape index (κ3) is 1.03. The monoisotopic (exact) mass is 286 g/mol. The van der Waals surface area contributed by atoms with Gasteiger partial charge in [0.15, 0.2) is 11.6 Å². The molecule has 0 aliphatic heterocycles. The fraction of sp³-hybridized carbons (Fsp3) is 0.300. The van der Waals surface area contributed by atoms with Gasteiger partial charge >= 0.3 is 0 Å². The number of hydrogen-bond donors (Lipinski definition) is 0. The number of fused-ring (bicyclic) bond motifs is 5. The molecule has 1 spiro atoms. The maximum Gasteiger partial charge on any atom is 0.168 e. The van der Waals surface area contributed by atoms with Crippen LogP contribution in [0.1, 0.15) is 27.1 Å². The highest BCUT2D eigenvalue weighted by atomic mass is 16.1. The van der Waals surface area contributed by atoms with Gasteiger partial charge in [-0.05, 0) is 46.6 Å². The predicted molar refractivity (Wildman–Crippen MR) is 82.8 cm³/mol. The molecular formula is C20H14O2. The Kier molecular flexibility index (Phi) is 1.68. The highest BCUT2D eigenvalue weighted by Gasteiger charge is 2.75. The summed E-state index contributed by atoms with van der Waals surface area (Å²) in [5, 5.41) is 2.09. The fourth-order valence-corrected chi connectivity index (χ4v) is 5.42. The first kappa shape index (κ1) is 11.4. The van der Waals surface area contributed by atoms with Crippen molar-refractivity contribution in [1.82, 2.24) is 0 Å². The Balaban J connectivity index is 1.62. The first-order chi connectivity index (χ1) is 10.7. The second-order valence-electron chi connectivity index (χ2n) is 7.33. The van der Waals surface area contributed by atoms with Crippen molar-refractivity contribution in [3.05, 3.63) is 59.7 Å². The summed E-state index contributed by atoms with van der Waals surface area (Å²) in [5.41, 5.74) is 1.53. The lowest BCUT2D eigenvalue weighted by atomic mass is 9.66. The molecule has 2 aromatic carbocycles. The topological polar surface area (TPSA) is 34.1 Å². The van der Waals surface area contributed by atoms with Crippen LogP contribution in [0.3, 0.4) is 0 Å². The number of allylic oxidation sites excluding steroid dienone is 2. The SMILES string of the molecule is O=C1c2cc3ccccc3cc2C(=O)C2C1C1C=CC13CC23. The van der Waals surface area contributed by atoms with E-state index in [2.05, 4.69) is 12.2 Å². The average molecular weight is 286 g/mol. The fourth-order valence-electron chi connectivity index (χ4n) is 5.42. The Morgan fingerprint density at radius 1 is 0.909 bits per heavy atom. The third-order valence-electron chi connectivity index (χ3n) is 6.57. The molecule has 5 unspecified atom stereocenters. The number of carbonyl (C=O) groups excluding carboxylic acids is 2. The first-order valence-corrected chi connectivity index (χ1v) is 8.01. The second kappa shape index (κ2) is 3.24. The van der Waals surface area contributed by atoms with Gasteiger partial charge in [-0.25, -0.2) is 0 Å². The summed E-state index contributed by atoms with van der Waals surface area (Å²) in [6.45, 7) is 0. The van der Waals surface area contributed by atoms with Gasteiger partial charge in [-0.15, -0.1) is 0 Å². The largest absolute Gasteiger partial charge is 0.294 e. The van der Waals surface area contributed by atoms with E-state index in [4.69, 9.17) is 0 Å². The van der Waals surface area contributed by atoms with Gasteiger partial charge in [-0.2, -0.15) is 0 Å². The number of hydrogen-bond acceptors (Lipinski definition) is 2. The van der Waals surface area contributed by atoms with E-state index in [9.17, 15) is 9.59 Å². The van der Waals surface area contributed by atoms with E-state index in [-0.39, 0.29) is 28.8 Å². The standard InChI is InChI=1S/C20H14O2/c21-18-12-7-10-3-1-2-4-11(10)8-13(12)19(22)17-15-9-20(15)6-5-14(20)16(17)18/h1-8,14-17H,9H2. The molecule has 0 radical (unpaired) electrons. The van der Waals surface area contributed by atoms with E-state index in [1.54, 1.807) is 0 Å². The van der Waals surface area contributed by atoms with E-state index in [0.29, 0.717) is 23.0 Å². The van der Waals surface area contributed by atoms with Crippen LogP contribution in [0.5, 0.6) is 0 Å². The van der Waals surface area contributed by atoms with Crippen LogP contribution in [0.25, 0.3) is 10.8 Å². The molecule has 106 valence electrons. The molecule has 2 fully saturated rings. The van der Waals surface area contributed by atoms with Crippen molar-refractivity contribution in [2.75, 3.05) is 0 Å². The molecule has 2 nitrogen and oxygen atoms in total. The third-order valence-corrected chi connectivity index (χ3v) is 6.57. The van der Waals surface area contributed by atoms with Crippen LogP contribution in [0.4, 0.5) is 0 Å². The molecule has 2 heteroatoms. The van der Waals surface area contributed by atoms with Crippen molar-refractivity contribution < 1.29 is 9.59 Å². The molecule has 5 atom stereocenters. The van der Waals surface area contributed by atoms with Crippen LogP contribution in [-0.2, 0) is 0 Å². The molecule has 0 N–H and O–H groups in total. The average Bonchev–Trinajstić information content (AvgIpc) is 3.24. The van der Waals surface area contributed by atoms with E-state index in [1.165, 1.54) is 0 Å². The number of ketones is 2. The highest BCUT2D eigenvalue weighted by molar-refractivity contribution is 6.19. The van der Waals surface area contributed by atoms with E-state index < -0.39 is 0 Å². The summed E-state index contributed by atoms with van der Waals surface area (Å²) in [6.07, 6.45) is 5.53. The quantitative estimate of drug-likeness (QED) is 0.693. The molecule has 0 aromatic heterocycles. The van der Waals surface area contributed by atoms with Crippen molar-refractivity contribution >= 4 is 22.3 Å². The minimum Gasteiger partial charge on any atom is -0.294 e.